The van der Waals surface area contributed by atoms with E-state index < -0.39 is 0 Å². The van der Waals surface area contributed by atoms with Crippen molar-refractivity contribution in [1.82, 2.24) is 0 Å². The lowest BCUT2D eigenvalue weighted by Gasteiger charge is -2.23. The van der Waals surface area contributed by atoms with Gasteiger partial charge in [0.2, 0.25) is 23.1 Å². The van der Waals surface area contributed by atoms with Crippen molar-refractivity contribution in [2.24, 2.45) is 0 Å². The number of hydrogen-bond donors (Lipinski definition) is 0. The van der Waals surface area contributed by atoms with Crippen LogP contribution >= 0.6 is 23.4 Å². The van der Waals surface area contributed by atoms with Crippen molar-refractivity contribution in [3.05, 3.63) is 51.8 Å². The summed E-state index contributed by atoms with van der Waals surface area (Å²) in [4.78, 5) is 25.3. The van der Waals surface area contributed by atoms with Gasteiger partial charge < -0.3 is 9.47 Å². The standard InChI is InChI=1S/C14H9ClO4S/c15-8-1-3-9(4-2-8)20-11-7-10(16)13-14(12(11)17)19-6-5-18-13/h1-4,7H,5-6H2. The Kier molecular flexibility index (Phi) is 3.54. The van der Waals surface area contributed by atoms with Crippen LogP contribution in [-0.2, 0) is 19.1 Å². The topological polar surface area (TPSA) is 52.6 Å². The molecule has 20 heavy (non-hydrogen) atoms. The van der Waals surface area contributed by atoms with E-state index in [4.69, 9.17) is 21.1 Å². The Bertz CT molecular complexity index is 646. The predicted molar refractivity (Wildman–Crippen MR) is 74.3 cm³/mol. The van der Waals surface area contributed by atoms with Crippen molar-refractivity contribution in [2.45, 2.75) is 4.90 Å². The molecule has 0 aromatic heterocycles. The molecule has 0 bridgehead atoms. The summed E-state index contributed by atoms with van der Waals surface area (Å²) in [6.07, 6.45) is 1.29. The molecule has 2 aliphatic rings. The van der Waals surface area contributed by atoms with Crippen molar-refractivity contribution in [3.8, 4) is 0 Å². The maximum absolute atomic E-state index is 12.2. The molecule has 0 spiro atoms. The van der Waals surface area contributed by atoms with Crippen LogP contribution in [-0.4, -0.2) is 24.8 Å². The van der Waals surface area contributed by atoms with Crippen molar-refractivity contribution >= 4 is 34.9 Å². The SMILES string of the molecule is O=C1C=C(Sc2ccc(Cl)cc2)C(=O)C2=C1OCCO2. The van der Waals surface area contributed by atoms with Gasteiger partial charge in [0.05, 0.1) is 4.91 Å². The number of thioether (sulfide) groups is 1. The molecule has 0 N–H and O–H groups in total. The third-order valence-corrected chi connectivity index (χ3v) is 4.02. The number of halogens is 1. The van der Waals surface area contributed by atoms with Crippen molar-refractivity contribution < 1.29 is 19.1 Å². The Balaban J connectivity index is 1.86. The van der Waals surface area contributed by atoms with E-state index in [1.165, 1.54) is 17.8 Å². The number of Topliss-reactive ketones (excluding diaryl/α,β-unsaturated/α-hetero) is 1. The van der Waals surface area contributed by atoms with Gasteiger partial charge in [0.25, 0.3) is 0 Å². The van der Waals surface area contributed by atoms with E-state index in [0.717, 1.165) is 4.90 Å². The largest absolute Gasteiger partial charge is 0.483 e. The van der Waals surface area contributed by atoms with Gasteiger partial charge in [-0.1, -0.05) is 23.4 Å². The number of ether oxygens (including phenoxy) is 2. The second kappa shape index (κ2) is 5.34. The van der Waals surface area contributed by atoms with Gasteiger partial charge in [-0.3, -0.25) is 9.59 Å². The predicted octanol–water partition coefficient (Wildman–Crippen LogP) is 2.73. The molecule has 3 rings (SSSR count). The summed E-state index contributed by atoms with van der Waals surface area (Å²) in [5, 5.41) is 0.614. The van der Waals surface area contributed by atoms with Gasteiger partial charge in [-0.15, -0.1) is 0 Å². The minimum atomic E-state index is -0.337. The zero-order valence-electron chi connectivity index (χ0n) is 10.2. The van der Waals surface area contributed by atoms with Crippen LogP contribution in [0.15, 0.2) is 51.7 Å². The lowest BCUT2D eigenvalue weighted by Crippen LogP contribution is -2.27. The molecule has 0 radical (unpaired) electrons. The Morgan fingerprint density at radius 1 is 1.00 bits per heavy atom. The number of hydrogen-bond acceptors (Lipinski definition) is 5. The van der Waals surface area contributed by atoms with E-state index in [1.54, 1.807) is 24.3 Å². The fourth-order valence-corrected chi connectivity index (χ4v) is 2.84. The molecule has 1 aromatic rings. The van der Waals surface area contributed by atoms with E-state index in [-0.39, 0.29) is 36.3 Å². The molecule has 0 atom stereocenters. The Morgan fingerprint density at radius 3 is 2.35 bits per heavy atom. The van der Waals surface area contributed by atoms with Crippen LogP contribution < -0.4 is 0 Å². The fourth-order valence-electron chi connectivity index (χ4n) is 1.84. The molecular formula is C14H9ClO4S. The van der Waals surface area contributed by atoms with Gasteiger partial charge in [-0.05, 0) is 24.3 Å². The number of carbonyl (C=O) groups excluding carboxylic acids is 2. The summed E-state index contributed by atoms with van der Waals surface area (Å²) in [6, 6.07) is 7.02. The molecule has 1 aliphatic carbocycles. The van der Waals surface area contributed by atoms with E-state index in [9.17, 15) is 9.59 Å². The maximum atomic E-state index is 12.2. The number of carbonyl (C=O) groups is 2. The van der Waals surface area contributed by atoms with E-state index in [2.05, 4.69) is 0 Å². The van der Waals surface area contributed by atoms with Crippen LogP contribution in [0.4, 0.5) is 0 Å². The van der Waals surface area contributed by atoms with Crippen molar-refractivity contribution in [2.75, 3.05) is 13.2 Å². The van der Waals surface area contributed by atoms with Crippen LogP contribution in [0.25, 0.3) is 0 Å². The Labute approximate surface area is 124 Å². The number of rotatable bonds is 2. The lowest BCUT2D eigenvalue weighted by molar-refractivity contribution is -0.123. The number of allylic oxidation sites excluding steroid dienone is 2. The highest BCUT2D eigenvalue weighted by atomic mass is 35.5. The third-order valence-electron chi connectivity index (χ3n) is 2.74. The smallest absolute Gasteiger partial charge is 0.238 e. The molecule has 0 saturated heterocycles. The van der Waals surface area contributed by atoms with Gasteiger partial charge in [-0.2, -0.15) is 0 Å². The van der Waals surface area contributed by atoms with Gasteiger partial charge in [0, 0.05) is 16.0 Å². The molecule has 4 nitrogen and oxygen atoms in total. The fraction of sp³-hybridized carbons (Fsp3) is 0.143. The van der Waals surface area contributed by atoms with E-state index in [0.29, 0.717) is 9.93 Å². The average Bonchev–Trinajstić information content (AvgIpc) is 2.47. The summed E-state index contributed by atoms with van der Waals surface area (Å²) in [5.41, 5.74) is 0. The molecular weight excluding hydrogens is 300 g/mol. The first-order valence-corrected chi connectivity index (χ1v) is 7.08. The summed E-state index contributed by atoms with van der Waals surface area (Å²) in [6.45, 7) is 0.558. The molecule has 0 fully saturated rings. The van der Waals surface area contributed by atoms with Crippen LogP contribution in [0, 0.1) is 0 Å². The molecule has 1 heterocycles. The highest BCUT2D eigenvalue weighted by Gasteiger charge is 2.34. The van der Waals surface area contributed by atoms with Crippen molar-refractivity contribution in [1.29, 1.82) is 0 Å². The first-order chi connectivity index (χ1) is 9.65. The highest BCUT2D eigenvalue weighted by molar-refractivity contribution is 8.04. The van der Waals surface area contributed by atoms with Crippen LogP contribution in [0.5, 0.6) is 0 Å². The number of benzene rings is 1. The summed E-state index contributed by atoms with van der Waals surface area (Å²) >= 11 is 7.01. The van der Waals surface area contributed by atoms with E-state index in [1.807, 2.05) is 0 Å². The third kappa shape index (κ3) is 2.46. The minimum absolute atomic E-state index is 0.0141. The lowest BCUT2D eigenvalue weighted by atomic mass is 10.1. The second-order valence-electron chi connectivity index (χ2n) is 4.11. The molecule has 0 amide bonds. The highest BCUT2D eigenvalue weighted by Crippen LogP contribution is 2.34. The summed E-state index contributed by atoms with van der Waals surface area (Å²) in [7, 11) is 0. The van der Waals surface area contributed by atoms with E-state index >= 15 is 0 Å². The number of ketones is 2. The zero-order chi connectivity index (χ0) is 14.1. The Hall–Kier alpha value is -1.72. The minimum Gasteiger partial charge on any atom is -0.483 e. The molecule has 102 valence electrons. The molecule has 1 aliphatic heterocycles. The normalized spacial score (nSPS) is 18.1. The van der Waals surface area contributed by atoms with Gasteiger partial charge >= 0.3 is 0 Å². The van der Waals surface area contributed by atoms with Crippen LogP contribution in [0.1, 0.15) is 0 Å². The molecule has 0 unspecified atom stereocenters. The van der Waals surface area contributed by atoms with Crippen LogP contribution in [0.2, 0.25) is 5.02 Å². The molecule has 0 saturated carbocycles. The maximum Gasteiger partial charge on any atom is 0.238 e. The van der Waals surface area contributed by atoms with Crippen LogP contribution in [0.3, 0.4) is 0 Å². The molecule has 1 aromatic carbocycles. The Morgan fingerprint density at radius 2 is 1.65 bits per heavy atom. The summed E-state index contributed by atoms with van der Waals surface area (Å²) in [5.74, 6) is -0.628. The second-order valence-corrected chi connectivity index (χ2v) is 5.66. The quantitative estimate of drug-likeness (QED) is 0.786. The zero-order valence-corrected chi connectivity index (χ0v) is 11.8. The summed E-state index contributed by atoms with van der Waals surface area (Å²) < 4.78 is 10.5. The van der Waals surface area contributed by atoms with Gasteiger partial charge in [0.1, 0.15) is 13.2 Å². The van der Waals surface area contributed by atoms with Gasteiger partial charge in [0.15, 0.2) is 0 Å². The van der Waals surface area contributed by atoms with Crippen molar-refractivity contribution in [3.63, 3.8) is 0 Å². The first kappa shape index (κ1) is 13.3. The first-order valence-electron chi connectivity index (χ1n) is 5.89. The average molecular weight is 309 g/mol. The molecule has 6 heteroatoms. The monoisotopic (exact) mass is 308 g/mol. The van der Waals surface area contributed by atoms with Gasteiger partial charge in [-0.25, -0.2) is 0 Å².